The Kier molecular flexibility index (Phi) is 2.12. The number of nitrogens with zero attached hydrogens (tertiary/aromatic N) is 2. The van der Waals surface area contributed by atoms with E-state index in [1.165, 1.54) is 18.3 Å². The summed E-state index contributed by atoms with van der Waals surface area (Å²) in [6, 6.07) is 2.57. The molecule has 0 bridgehead atoms. The van der Waals surface area contributed by atoms with E-state index >= 15 is 0 Å². The lowest BCUT2D eigenvalue weighted by Crippen LogP contribution is -2.36. The minimum absolute atomic E-state index is 0.00503. The monoisotopic (exact) mass is 260 g/mol. The predicted octanol–water partition coefficient (Wildman–Crippen LogP) is 0.925. The lowest BCUT2D eigenvalue weighted by atomic mass is 10.1. The summed E-state index contributed by atoms with van der Waals surface area (Å²) >= 11 is 0. The van der Waals surface area contributed by atoms with Gasteiger partial charge in [0.05, 0.1) is 17.4 Å². The molecule has 1 N–H and O–H groups in total. The number of hydrogen-bond acceptors (Lipinski definition) is 4. The second-order valence-corrected chi connectivity index (χ2v) is 5.50. The van der Waals surface area contributed by atoms with E-state index in [0.29, 0.717) is 0 Å². The molecule has 2 amide bonds. The highest BCUT2D eigenvalue weighted by Gasteiger charge is 2.72. The van der Waals surface area contributed by atoms with Crippen LogP contribution in [0.25, 0.3) is 0 Å². The van der Waals surface area contributed by atoms with E-state index in [1.54, 1.807) is 0 Å². The number of piperidine rings is 1. The second-order valence-electron chi connectivity index (χ2n) is 5.50. The predicted molar refractivity (Wildman–Crippen MR) is 64.5 cm³/mol. The smallest absolute Gasteiger partial charge is 0.335 e. The Hall–Kier alpha value is -2.24. The van der Waals surface area contributed by atoms with Crippen molar-refractivity contribution in [2.75, 3.05) is 4.90 Å². The summed E-state index contributed by atoms with van der Waals surface area (Å²) in [5.41, 5.74) is -0.278. The van der Waals surface area contributed by atoms with Gasteiger partial charge >= 0.3 is 5.97 Å². The maximum atomic E-state index is 12.2. The molecule has 3 rings (SSSR count). The maximum Gasteiger partial charge on any atom is 0.335 e. The zero-order chi connectivity index (χ0) is 13.9. The third-order valence-corrected chi connectivity index (χ3v) is 4.02. The minimum atomic E-state index is -1.12. The first-order chi connectivity index (χ1) is 8.85. The fourth-order valence-electron chi connectivity index (χ4n) is 2.85. The normalized spacial score (nSPS) is 27.4. The maximum absolute atomic E-state index is 12.2. The number of carboxylic acids is 1. The molecule has 98 valence electrons. The number of fused-ring (bicyclic) bond motifs is 1. The SMILES string of the molecule is CC1(C)C2C(=O)N(c3cc(C(=O)O)ccn3)C(=O)C21. The van der Waals surface area contributed by atoms with E-state index < -0.39 is 5.97 Å². The summed E-state index contributed by atoms with van der Waals surface area (Å²) in [6.07, 6.45) is 1.29. The number of aromatic nitrogens is 1. The molecule has 1 saturated carbocycles. The summed E-state index contributed by atoms with van der Waals surface area (Å²) in [5.74, 6) is -2.18. The number of amides is 2. The van der Waals surface area contributed by atoms with Crippen molar-refractivity contribution in [3.8, 4) is 0 Å². The molecule has 2 unspecified atom stereocenters. The van der Waals surface area contributed by atoms with Crippen LogP contribution >= 0.6 is 0 Å². The Morgan fingerprint density at radius 2 is 1.89 bits per heavy atom. The van der Waals surface area contributed by atoms with Gasteiger partial charge in [0.2, 0.25) is 11.8 Å². The zero-order valence-electron chi connectivity index (χ0n) is 10.5. The highest BCUT2D eigenvalue weighted by molar-refractivity contribution is 6.25. The number of carbonyl (C=O) groups excluding carboxylic acids is 2. The largest absolute Gasteiger partial charge is 0.478 e. The number of imide groups is 1. The molecule has 6 nitrogen and oxygen atoms in total. The lowest BCUT2D eigenvalue weighted by Gasteiger charge is -2.19. The van der Waals surface area contributed by atoms with Gasteiger partial charge in [0, 0.05) is 6.20 Å². The first-order valence-corrected chi connectivity index (χ1v) is 5.93. The van der Waals surface area contributed by atoms with Crippen molar-refractivity contribution < 1.29 is 19.5 Å². The van der Waals surface area contributed by atoms with Crippen molar-refractivity contribution in [3.63, 3.8) is 0 Å². The lowest BCUT2D eigenvalue weighted by molar-refractivity contribution is -0.125. The van der Waals surface area contributed by atoms with E-state index in [2.05, 4.69) is 4.98 Å². The Labute approximate surface area is 109 Å². The topological polar surface area (TPSA) is 87.6 Å². The quantitative estimate of drug-likeness (QED) is 0.799. The Balaban J connectivity index is 1.97. The molecule has 2 aliphatic rings. The molecule has 1 aliphatic carbocycles. The number of aromatic carboxylic acids is 1. The number of anilines is 1. The van der Waals surface area contributed by atoms with Crippen molar-refractivity contribution in [1.29, 1.82) is 0 Å². The molecule has 0 spiro atoms. The molecule has 0 radical (unpaired) electrons. The Morgan fingerprint density at radius 1 is 1.32 bits per heavy atom. The van der Waals surface area contributed by atoms with Crippen LogP contribution in [0.15, 0.2) is 18.3 Å². The van der Waals surface area contributed by atoms with E-state index in [1.807, 2.05) is 13.8 Å². The molecule has 6 heteroatoms. The Bertz CT molecular complexity index is 599. The molecule has 2 fully saturated rings. The van der Waals surface area contributed by atoms with E-state index in [-0.39, 0.29) is 40.4 Å². The first-order valence-electron chi connectivity index (χ1n) is 5.93. The zero-order valence-corrected chi connectivity index (χ0v) is 10.5. The van der Waals surface area contributed by atoms with Crippen molar-refractivity contribution in [3.05, 3.63) is 23.9 Å². The van der Waals surface area contributed by atoms with Gasteiger partial charge in [-0.2, -0.15) is 0 Å². The van der Waals surface area contributed by atoms with Gasteiger partial charge < -0.3 is 5.11 Å². The van der Waals surface area contributed by atoms with Crippen LogP contribution < -0.4 is 4.90 Å². The van der Waals surface area contributed by atoms with Gasteiger partial charge in [-0.15, -0.1) is 0 Å². The van der Waals surface area contributed by atoms with Crippen LogP contribution in [0.2, 0.25) is 0 Å². The summed E-state index contributed by atoms with van der Waals surface area (Å²) in [6.45, 7) is 3.77. The first kappa shape index (κ1) is 11.8. The van der Waals surface area contributed by atoms with E-state index in [9.17, 15) is 14.4 Å². The fourth-order valence-corrected chi connectivity index (χ4v) is 2.85. The van der Waals surface area contributed by atoms with Crippen LogP contribution in [0.4, 0.5) is 5.82 Å². The average Bonchev–Trinajstić information content (AvgIpc) is 2.79. The molecular formula is C13H12N2O4. The number of hydrogen-bond donors (Lipinski definition) is 1. The van der Waals surface area contributed by atoms with Gasteiger partial charge in [0.25, 0.3) is 0 Å². The molecule has 0 aromatic carbocycles. The van der Waals surface area contributed by atoms with E-state index in [0.717, 1.165) is 4.90 Å². The van der Waals surface area contributed by atoms with E-state index in [4.69, 9.17) is 5.11 Å². The molecule has 2 heterocycles. The van der Waals surface area contributed by atoms with Crippen LogP contribution in [0.3, 0.4) is 0 Å². The molecule has 1 saturated heterocycles. The van der Waals surface area contributed by atoms with Gasteiger partial charge in [0.1, 0.15) is 5.82 Å². The third-order valence-electron chi connectivity index (χ3n) is 4.02. The van der Waals surface area contributed by atoms with Crippen molar-refractivity contribution >= 4 is 23.6 Å². The molecule has 1 aliphatic heterocycles. The average molecular weight is 260 g/mol. The Morgan fingerprint density at radius 3 is 2.42 bits per heavy atom. The van der Waals surface area contributed by atoms with Crippen molar-refractivity contribution in [1.82, 2.24) is 4.98 Å². The van der Waals surface area contributed by atoms with Gasteiger partial charge in [-0.1, -0.05) is 13.8 Å². The van der Waals surface area contributed by atoms with Gasteiger partial charge in [-0.3, -0.25) is 9.59 Å². The molecule has 1 aromatic rings. The summed E-state index contributed by atoms with van der Waals surface area (Å²) in [5, 5.41) is 8.91. The van der Waals surface area contributed by atoms with Crippen LogP contribution in [-0.2, 0) is 9.59 Å². The summed E-state index contributed by atoms with van der Waals surface area (Å²) in [7, 11) is 0. The summed E-state index contributed by atoms with van der Waals surface area (Å²) < 4.78 is 0. The number of carboxylic acid groups (broad SMARTS) is 1. The standard InChI is InChI=1S/C13H12N2O4/c1-13(2)8-9(13)11(17)15(10(8)16)7-5-6(12(18)19)3-4-14-7/h3-5,8-9H,1-2H3,(H,18,19). The fraction of sp³-hybridized carbons (Fsp3) is 0.385. The molecule has 19 heavy (non-hydrogen) atoms. The van der Waals surface area contributed by atoms with Crippen molar-refractivity contribution in [2.24, 2.45) is 17.3 Å². The second kappa shape index (κ2) is 3.40. The van der Waals surface area contributed by atoms with Gasteiger partial charge in [0.15, 0.2) is 0 Å². The van der Waals surface area contributed by atoms with Crippen LogP contribution in [-0.4, -0.2) is 27.9 Å². The highest BCUT2D eigenvalue weighted by Crippen LogP contribution is 2.63. The van der Waals surface area contributed by atoms with Crippen molar-refractivity contribution in [2.45, 2.75) is 13.8 Å². The van der Waals surface area contributed by atoms with Crippen LogP contribution in [0.1, 0.15) is 24.2 Å². The number of rotatable bonds is 2. The molecule has 1 aromatic heterocycles. The van der Waals surface area contributed by atoms with Crippen LogP contribution in [0.5, 0.6) is 0 Å². The third kappa shape index (κ3) is 1.43. The minimum Gasteiger partial charge on any atom is -0.478 e. The highest BCUT2D eigenvalue weighted by atomic mass is 16.4. The summed E-state index contributed by atoms with van der Waals surface area (Å²) in [4.78, 5) is 40.2. The van der Waals surface area contributed by atoms with Gasteiger partial charge in [-0.05, 0) is 17.5 Å². The number of carbonyl (C=O) groups is 3. The van der Waals surface area contributed by atoms with Crippen LogP contribution in [0, 0.1) is 17.3 Å². The van der Waals surface area contributed by atoms with Gasteiger partial charge in [-0.25, -0.2) is 14.7 Å². The number of pyridine rings is 1. The molecular weight excluding hydrogens is 248 g/mol. The molecule has 2 atom stereocenters.